The third-order valence-corrected chi connectivity index (χ3v) is 6.04. The second kappa shape index (κ2) is 13.5. The average Bonchev–Trinajstić information content (AvgIpc) is 2.74. The van der Waals surface area contributed by atoms with Gasteiger partial charge in [-0.15, -0.1) is 6.58 Å². The highest BCUT2D eigenvalue weighted by molar-refractivity contribution is 5.89. The second-order valence-corrected chi connectivity index (χ2v) is 8.67. The van der Waals surface area contributed by atoms with Crippen LogP contribution in [-0.2, 0) is 4.74 Å². The van der Waals surface area contributed by atoms with E-state index in [1.165, 1.54) is 24.8 Å². The van der Waals surface area contributed by atoms with Gasteiger partial charge < -0.3 is 19.9 Å². The van der Waals surface area contributed by atoms with Crippen molar-refractivity contribution in [2.24, 2.45) is 0 Å². The molecule has 0 atom stereocenters. The zero-order valence-electron chi connectivity index (χ0n) is 19.2. The first-order chi connectivity index (χ1) is 14.5. The van der Waals surface area contributed by atoms with Crippen molar-refractivity contribution in [2.45, 2.75) is 70.4 Å². The largest absolute Gasteiger partial charge is 0.378 e. The smallest absolute Gasteiger partial charge is 0.321 e. The van der Waals surface area contributed by atoms with Gasteiger partial charge in [0, 0.05) is 31.9 Å². The van der Waals surface area contributed by atoms with Crippen LogP contribution in [0.15, 0.2) is 36.9 Å². The Hall–Kier alpha value is -1.85. The van der Waals surface area contributed by atoms with Crippen molar-refractivity contribution in [3.8, 4) is 0 Å². The molecule has 0 radical (unpaired) electrons. The van der Waals surface area contributed by atoms with Crippen molar-refractivity contribution in [1.82, 2.24) is 9.80 Å². The number of likely N-dealkylation sites (N-methyl/N-ethyl adjacent to an activating group) is 1. The molecule has 1 fully saturated rings. The van der Waals surface area contributed by atoms with Gasteiger partial charge in [-0.1, -0.05) is 36.6 Å². The Morgan fingerprint density at radius 3 is 2.43 bits per heavy atom. The van der Waals surface area contributed by atoms with Gasteiger partial charge in [0.25, 0.3) is 0 Å². The molecule has 1 aromatic carbocycles. The lowest BCUT2D eigenvalue weighted by Gasteiger charge is -2.34. The molecular weight excluding hydrogens is 374 g/mol. The number of ether oxygens (including phenoxy) is 1. The molecule has 1 aliphatic carbocycles. The van der Waals surface area contributed by atoms with Crippen molar-refractivity contribution in [3.63, 3.8) is 0 Å². The Bertz CT molecular complexity index is 624. The van der Waals surface area contributed by atoms with E-state index in [2.05, 4.69) is 23.8 Å². The van der Waals surface area contributed by atoms with Crippen LogP contribution in [0.25, 0.3) is 0 Å². The molecule has 30 heavy (non-hydrogen) atoms. The first-order valence-corrected chi connectivity index (χ1v) is 11.5. The number of anilines is 1. The number of carbonyl (C=O) groups excluding carboxylic acids is 1. The molecule has 0 aromatic heterocycles. The van der Waals surface area contributed by atoms with Crippen molar-refractivity contribution in [2.75, 3.05) is 39.1 Å². The highest BCUT2D eigenvalue weighted by atomic mass is 16.5. The molecule has 2 amide bonds. The van der Waals surface area contributed by atoms with E-state index >= 15 is 0 Å². The maximum atomic E-state index is 12.5. The summed E-state index contributed by atoms with van der Waals surface area (Å²) in [5.41, 5.74) is 2.04. The third kappa shape index (κ3) is 8.88. The molecular formula is C25H41N3O2. The Morgan fingerprint density at radius 2 is 1.77 bits per heavy atom. The van der Waals surface area contributed by atoms with Gasteiger partial charge in [-0.3, -0.25) is 0 Å². The molecule has 0 spiro atoms. The fourth-order valence-corrected chi connectivity index (χ4v) is 4.01. The minimum absolute atomic E-state index is 0.0260. The standard InChI is InChI=1S/C25H41N3O2/c1-5-18-27(3)19-8-6-7-9-20-30-24-16-14-23(15-17-24)28(4)25(29)26-22-12-10-21(2)11-13-22/h5,10-13,23-24H,1,6-9,14-20H2,2-4H3,(H,26,29)/t23-,24-. The van der Waals surface area contributed by atoms with Gasteiger partial charge in [0.2, 0.25) is 0 Å². The number of aryl methyl sites for hydroxylation is 1. The molecule has 5 heteroatoms. The number of nitrogens with one attached hydrogen (secondary N) is 1. The van der Waals surface area contributed by atoms with E-state index in [4.69, 9.17) is 4.74 Å². The minimum atomic E-state index is -0.0260. The van der Waals surface area contributed by atoms with Crippen molar-refractivity contribution < 1.29 is 9.53 Å². The fourth-order valence-electron chi connectivity index (χ4n) is 4.01. The highest BCUT2D eigenvalue weighted by Gasteiger charge is 2.26. The van der Waals surface area contributed by atoms with Gasteiger partial charge in [0.15, 0.2) is 0 Å². The van der Waals surface area contributed by atoms with Gasteiger partial charge in [0.05, 0.1) is 6.10 Å². The maximum absolute atomic E-state index is 12.5. The SMILES string of the molecule is C=CCN(C)CCCCCCO[C@H]1CC[C@H](N(C)C(=O)Nc2ccc(C)cc2)CC1. The number of hydrogen-bond donors (Lipinski definition) is 1. The number of hydrogen-bond acceptors (Lipinski definition) is 3. The maximum Gasteiger partial charge on any atom is 0.321 e. The summed E-state index contributed by atoms with van der Waals surface area (Å²) < 4.78 is 6.10. The Balaban J connectivity index is 1.55. The van der Waals surface area contributed by atoms with E-state index in [0.717, 1.165) is 57.5 Å². The average molecular weight is 416 g/mol. The summed E-state index contributed by atoms with van der Waals surface area (Å²) in [6, 6.07) is 8.19. The van der Waals surface area contributed by atoms with Crippen molar-refractivity contribution in [3.05, 3.63) is 42.5 Å². The summed E-state index contributed by atoms with van der Waals surface area (Å²) in [6.07, 6.45) is 11.3. The normalized spacial score (nSPS) is 18.9. The first-order valence-electron chi connectivity index (χ1n) is 11.5. The van der Waals surface area contributed by atoms with Gasteiger partial charge in [-0.25, -0.2) is 4.79 Å². The molecule has 5 nitrogen and oxygen atoms in total. The van der Waals surface area contributed by atoms with Crippen LogP contribution in [0, 0.1) is 6.92 Å². The first kappa shape index (κ1) is 24.4. The van der Waals surface area contributed by atoms with Crippen LogP contribution in [0.1, 0.15) is 56.9 Å². The van der Waals surface area contributed by atoms with Gasteiger partial charge >= 0.3 is 6.03 Å². The molecule has 0 bridgehead atoms. The van der Waals surface area contributed by atoms with E-state index in [9.17, 15) is 4.79 Å². The summed E-state index contributed by atoms with van der Waals surface area (Å²) in [6.45, 7) is 8.79. The number of urea groups is 1. The Morgan fingerprint density at radius 1 is 1.10 bits per heavy atom. The third-order valence-electron chi connectivity index (χ3n) is 6.04. The van der Waals surface area contributed by atoms with Gasteiger partial charge in [0.1, 0.15) is 0 Å². The van der Waals surface area contributed by atoms with Crippen LogP contribution in [-0.4, -0.2) is 61.8 Å². The van der Waals surface area contributed by atoms with Gasteiger partial charge in [-0.2, -0.15) is 0 Å². The predicted molar refractivity (Wildman–Crippen MR) is 126 cm³/mol. The van der Waals surface area contributed by atoms with E-state index in [0.29, 0.717) is 12.1 Å². The quantitative estimate of drug-likeness (QED) is 0.364. The van der Waals surface area contributed by atoms with E-state index in [-0.39, 0.29) is 6.03 Å². The molecule has 1 aromatic rings. The monoisotopic (exact) mass is 415 g/mol. The molecule has 1 aliphatic rings. The molecule has 2 rings (SSSR count). The summed E-state index contributed by atoms with van der Waals surface area (Å²) in [7, 11) is 4.05. The zero-order chi connectivity index (χ0) is 21.8. The zero-order valence-corrected chi connectivity index (χ0v) is 19.2. The van der Waals surface area contributed by atoms with Crippen LogP contribution in [0.3, 0.4) is 0 Å². The lowest BCUT2D eigenvalue weighted by atomic mass is 9.92. The summed E-state index contributed by atoms with van der Waals surface area (Å²) >= 11 is 0. The molecule has 0 aliphatic heterocycles. The fraction of sp³-hybridized carbons (Fsp3) is 0.640. The molecule has 1 N–H and O–H groups in total. The van der Waals surface area contributed by atoms with Gasteiger partial charge in [-0.05, 0) is 71.2 Å². The Labute approximate surface area is 183 Å². The van der Waals surface area contributed by atoms with Crippen LogP contribution >= 0.6 is 0 Å². The molecule has 168 valence electrons. The van der Waals surface area contributed by atoms with Crippen LogP contribution in [0.4, 0.5) is 10.5 Å². The molecule has 0 unspecified atom stereocenters. The van der Waals surface area contributed by atoms with Crippen LogP contribution in [0.5, 0.6) is 0 Å². The summed E-state index contributed by atoms with van der Waals surface area (Å²) in [5, 5.41) is 3.00. The number of rotatable bonds is 12. The predicted octanol–water partition coefficient (Wildman–Crippen LogP) is 5.46. The van der Waals surface area contributed by atoms with Crippen molar-refractivity contribution >= 4 is 11.7 Å². The Kier molecular flexibility index (Phi) is 11.0. The topological polar surface area (TPSA) is 44.8 Å². The van der Waals surface area contributed by atoms with Crippen molar-refractivity contribution in [1.29, 1.82) is 0 Å². The molecule has 0 heterocycles. The molecule has 1 saturated carbocycles. The number of benzene rings is 1. The summed E-state index contributed by atoms with van der Waals surface area (Å²) in [4.78, 5) is 16.7. The van der Waals surface area contributed by atoms with E-state index < -0.39 is 0 Å². The number of carbonyl (C=O) groups is 1. The lowest BCUT2D eigenvalue weighted by molar-refractivity contribution is 0.0130. The highest BCUT2D eigenvalue weighted by Crippen LogP contribution is 2.25. The number of unbranched alkanes of at least 4 members (excludes halogenated alkanes) is 3. The van der Waals surface area contributed by atoms with Crippen LogP contribution < -0.4 is 5.32 Å². The van der Waals surface area contributed by atoms with E-state index in [1.807, 2.05) is 49.2 Å². The summed E-state index contributed by atoms with van der Waals surface area (Å²) in [5.74, 6) is 0. The minimum Gasteiger partial charge on any atom is -0.378 e. The molecule has 0 saturated heterocycles. The number of nitrogens with zero attached hydrogens (tertiary/aromatic N) is 2. The van der Waals surface area contributed by atoms with E-state index in [1.54, 1.807) is 0 Å². The lowest BCUT2D eigenvalue weighted by Crippen LogP contribution is -2.42. The number of amides is 2. The van der Waals surface area contributed by atoms with Crippen LogP contribution in [0.2, 0.25) is 0 Å². The second-order valence-electron chi connectivity index (χ2n) is 8.67.